The summed E-state index contributed by atoms with van der Waals surface area (Å²) in [6, 6.07) is 0. The Balaban J connectivity index is 1.75. The number of alkyl carbamates (subject to hydrolysis) is 1. The first kappa shape index (κ1) is 10.5. The fraction of sp³-hybridized carbons (Fsp3) is 0.750. The third kappa shape index (κ3) is 2.52. The Morgan fingerprint density at radius 1 is 1.33 bits per heavy atom. The number of ether oxygens (including phenoxy) is 1. The molecule has 1 fully saturated rings. The maximum atomic E-state index is 10.9. The summed E-state index contributed by atoms with van der Waals surface area (Å²) >= 11 is 0. The predicted octanol–water partition coefficient (Wildman–Crippen LogP) is 2.33. The number of hydrogen-bond donors (Lipinski definition) is 1. The fourth-order valence-electron chi connectivity index (χ4n) is 2.69. The van der Waals surface area contributed by atoms with Gasteiger partial charge in [-0.1, -0.05) is 12.2 Å². The molecule has 0 bridgehead atoms. The van der Waals surface area contributed by atoms with Gasteiger partial charge in [0.2, 0.25) is 0 Å². The first-order valence-corrected chi connectivity index (χ1v) is 5.82. The van der Waals surface area contributed by atoms with Gasteiger partial charge in [-0.3, -0.25) is 0 Å². The van der Waals surface area contributed by atoms with Gasteiger partial charge in [0.25, 0.3) is 0 Å². The minimum Gasteiger partial charge on any atom is -0.449 e. The second-order valence-electron chi connectivity index (χ2n) is 4.47. The molecule has 3 heteroatoms. The second kappa shape index (κ2) is 4.69. The van der Waals surface area contributed by atoms with Crippen LogP contribution in [0.3, 0.4) is 0 Å². The highest BCUT2D eigenvalue weighted by Crippen LogP contribution is 2.52. The quantitative estimate of drug-likeness (QED) is 0.709. The van der Waals surface area contributed by atoms with Crippen LogP contribution in [-0.2, 0) is 4.74 Å². The van der Waals surface area contributed by atoms with E-state index < -0.39 is 0 Å². The van der Waals surface area contributed by atoms with Gasteiger partial charge in [-0.05, 0) is 43.4 Å². The van der Waals surface area contributed by atoms with E-state index in [1.807, 2.05) is 0 Å². The smallest absolute Gasteiger partial charge is 0.406 e. The van der Waals surface area contributed by atoms with Gasteiger partial charge < -0.3 is 10.1 Å². The lowest BCUT2D eigenvalue weighted by Crippen LogP contribution is -2.20. The van der Waals surface area contributed by atoms with Crippen LogP contribution in [-0.4, -0.2) is 19.7 Å². The maximum absolute atomic E-state index is 10.9. The van der Waals surface area contributed by atoms with Crippen molar-refractivity contribution >= 4 is 6.09 Å². The molecule has 1 amide bonds. The van der Waals surface area contributed by atoms with Crippen LogP contribution < -0.4 is 5.32 Å². The fourth-order valence-corrected chi connectivity index (χ4v) is 2.69. The average molecular weight is 209 g/mol. The van der Waals surface area contributed by atoms with Gasteiger partial charge in [-0.2, -0.15) is 0 Å². The number of allylic oxidation sites excluding steroid dienone is 2. The zero-order chi connectivity index (χ0) is 10.7. The molecule has 0 aromatic heterocycles. The van der Waals surface area contributed by atoms with Gasteiger partial charge in [0.15, 0.2) is 0 Å². The topological polar surface area (TPSA) is 38.3 Å². The van der Waals surface area contributed by atoms with E-state index in [1.165, 1.54) is 25.7 Å². The molecule has 0 aromatic carbocycles. The summed E-state index contributed by atoms with van der Waals surface area (Å²) < 4.78 is 5.12. The van der Waals surface area contributed by atoms with Crippen LogP contribution in [0, 0.1) is 17.8 Å². The highest BCUT2D eigenvalue weighted by Gasteiger charge is 2.49. The van der Waals surface area contributed by atoms with Crippen LogP contribution in [0.25, 0.3) is 0 Å². The third-order valence-electron chi connectivity index (χ3n) is 3.62. The Bertz CT molecular complexity index is 246. The molecule has 0 aliphatic heterocycles. The van der Waals surface area contributed by atoms with Gasteiger partial charge in [-0.25, -0.2) is 4.79 Å². The third-order valence-corrected chi connectivity index (χ3v) is 3.62. The van der Waals surface area contributed by atoms with Gasteiger partial charge >= 0.3 is 6.09 Å². The van der Waals surface area contributed by atoms with E-state index in [-0.39, 0.29) is 6.09 Å². The Hall–Kier alpha value is -0.990. The molecule has 0 heterocycles. The van der Waals surface area contributed by atoms with E-state index in [0.717, 1.165) is 11.8 Å². The van der Waals surface area contributed by atoms with Crippen LogP contribution in [0.5, 0.6) is 0 Å². The molecule has 2 aliphatic carbocycles. The summed E-state index contributed by atoms with van der Waals surface area (Å²) in [5.41, 5.74) is 0. The zero-order valence-electron chi connectivity index (χ0n) is 9.24. The monoisotopic (exact) mass is 209 g/mol. The number of nitrogens with one attached hydrogen (secondary N) is 1. The number of amides is 1. The number of rotatable bonds is 2. The van der Waals surface area contributed by atoms with Crippen LogP contribution in [0.1, 0.15) is 25.7 Å². The van der Waals surface area contributed by atoms with Crippen molar-refractivity contribution in [1.29, 1.82) is 0 Å². The molecule has 2 rings (SSSR count). The van der Waals surface area contributed by atoms with Crippen molar-refractivity contribution in [1.82, 2.24) is 5.32 Å². The van der Waals surface area contributed by atoms with Gasteiger partial charge in [-0.15, -0.1) is 0 Å². The molecule has 0 saturated heterocycles. The number of hydrogen-bond acceptors (Lipinski definition) is 2. The summed E-state index contributed by atoms with van der Waals surface area (Å²) in [5.74, 6) is 2.24. The van der Waals surface area contributed by atoms with Crippen molar-refractivity contribution in [3.63, 3.8) is 0 Å². The van der Waals surface area contributed by atoms with Crippen LogP contribution in [0.2, 0.25) is 0 Å². The lowest BCUT2D eigenvalue weighted by molar-refractivity contribution is 0.139. The van der Waals surface area contributed by atoms with Crippen molar-refractivity contribution < 1.29 is 9.53 Å². The Labute approximate surface area is 90.9 Å². The average Bonchev–Trinajstić information content (AvgIpc) is 2.85. The summed E-state index contributed by atoms with van der Waals surface area (Å²) in [7, 11) is 1.60. The summed E-state index contributed by atoms with van der Waals surface area (Å²) in [4.78, 5) is 10.9. The molecule has 84 valence electrons. The second-order valence-corrected chi connectivity index (χ2v) is 4.47. The molecule has 1 saturated carbocycles. The molecule has 2 aliphatic rings. The summed E-state index contributed by atoms with van der Waals surface area (Å²) in [6.45, 7) is 0.606. The largest absolute Gasteiger partial charge is 0.449 e. The highest BCUT2D eigenvalue weighted by atomic mass is 16.5. The molecule has 15 heavy (non-hydrogen) atoms. The molecule has 3 atom stereocenters. The first-order chi connectivity index (χ1) is 7.33. The van der Waals surface area contributed by atoms with Crippen LogP contribution in [0.15, 0.2) is 12.2 Å². The molecular formula is C12H19NO2. The van der Waals surface area contributed by atoms with E-state index in [1.54, 1.807) is 7.05 Å². The molecule has 1 N–H and O–H groups in total. The number of carbonyl (C=O) groups is 1. The molecular weight excluding hydrogens is 190 g/mol. The Kier molecular flexibility index (Phi) is 3.29. The van der Waals surface area contributed by atoms with E-state index in [4.69, 9.17) is 4.74 Å². The van der Waals surface area contributed by atoms with Gasteiger partial charge in [0.1, 0.15) is 0 Å². The lowest BCUT2D eigenvalue weighted by atomic mass is 10.1. The van der Waals surface area contributed by atoms with Crippen molar-refractivity contribution in [2.75, 3.05) is 13.7 Å². The van der Waals surface area contributed by atoms with E-state index in [9.17, 15) is 4.79 Å². The normalized spacial score (nSPS) is 35.7. The molecule has 3 nitrogen and oxygen atoms in total. The van der Waals surface area contributed by atoms with Crippen molar-refractivity contribution in [3.8, 4) is 0 Å². The Morgan fingerprint density at radius 3 is 2.47 bits per heavy atom. The van der Waals surface area contributed by atoms with E-state index >= 15 is 0 Å². The molecule has 0 spiro atoms. The van der Waals surface area contributed by atoms with Crippen molar-refractivity contribution in [2.24, 2.45) is 17.8 Å². The minimum absolute atomic E-state index is 0.299. The van der Waals surface area contributed by atoms with E-state index in [2.05, 4.69) is 17.5 Å². The van der Waals surface area contributed by atoms with Gasteiger partial charge in [0, 0.05) is 7.05 Å². The van der Waals surface area contributed by atoms with Gasteiger partial charge in [0.05, 0.1) is 6.61 Å². The summed E-state index contributed by atoms with van der Waals surface area (Å²) in [5, 5.41) is 2.48. The van der Waals surface area contributed by atoms with Crippen molar-refractivity contribution in [3.05, 3.63) is 12.2 Å². The summed E-state index contributed by atoms with van der Waals surface area (Å²) in [6.07, 6.45) is 9.18. The standard InChI is InChI=1S/C12H19NO2/c1-13-12(14)15-8-11-9-6-4-2-3-5-7-10(9)11/h2-3,9-11H,4-8H2,1H3,(H,13,14)/b3-2-/t9-,10+,11-. The predicted molar refractivity (Wildman–Crippen MR) is 58.5 cm³/mol. The van der Waals surface area contributed by atoms with Crippen molar-refractivity contribution in [2.45, 2.75) is 25.7 Å². The lowest BCUT2D eigenvalue weighted by Gasteiger charge is -2.02. The maximum Gasteiger partial charge on any atom is 0.406 e. The molecule has 0 unspecified atom stereocenters. The van der Waals surface area contributed by atoms with Crippen LogP contribution >= 0.6 is 0 Å². The molecule has 0 radical (unpaired) electrons. The highest BCUT2D eigenvalue weighted by molar-refractivity contribution is 5.66. The molecule has 0 aromatic rings. The Morgan fingerprint density at radius 2 is 1.93 bits per heavy atom. The van der Waals surface area contributed by atoms with Crippen LogP contribution in [0.4, 0.5) is 4.79 Å². The zero-order valence-corrected chi connectivity index (χ0v) is 9.24. The minimum atomic E-state index is -0.299. The van der Waals surface area contributed by atoms with E-state index in [0.29, 0.717) is 12.5 Å². The number of carbonyl (C=O) groups excluding carboxylic acids is 1. The number of fused-ring (bicyclic) bond motifs is 1. The first-order valence-electron chi connectivity index (χ1n) is 5.82. The SMILES string of the molecule is CNC(=O)OC[C@@H]1[C@@H]2CC/C=C\CC[C@@H]21.